The molecular weight excluding hydrogens is 338 g/mol. The van der Waals surface area contributed by atoms with Crippen molar-refractivity contribution < 1.29 is 9.72 Å². The zero-order chi connectivity index (χ0) is 15.4. The molecule has 1 amide bonds. The predicted molar refractivity (Wildman–Crippen MR) is 80.9 cm³/mol. The van der Waals surface area contributed by atoms with E-state index in [9.17, 15) is 14.9 Å². The zero-order valence-corrected chi connectivity index (χ0v) is 12.7. The third-order valence-corrected chi connectivity index (χ3v) is 3.81. The molecule has 0 bridgehead atoms. The quantitative estimate of drug-likeness (QED) is 0.678. The number of benzene rings is 1. The molecule has 0 saturated carbocycles. The third-order valence-electron chi connectivity index (χ3n) is 2.97. The third kappa shape index (κ3) is 3.43. The van der Waals surface area contributed by atoms with Crippen molar-refractivity contribution in [1.29, 1.82) is 0 Å². The number of nitrogens with one attached hydrogen (secondary N) is 1. The van der Waals surface area contributed by atoms with Gasteiger partial charge in [0.25, 0.3) is 11.6 Å². The van der Waals surface area contributed by atoms with E-state index in [0.717, 1.165) is 5.56 Å². The van der Waals surface area contributed by atoms with Gasteiger partial charge in [-0.05, 0) is 46.6 Å². The van der Waals surface area contributed by atoms with Gasteiger partial charge in [-0.25, -0.2) is 0 Å². The van der Waals surface area contributed by atoms with Crippen LogP contribution < -0.4 is 5.32 Å². The Hall–Kier alpha value is -2.28. The number of nitro benzene ring substituents is 1. The Morgan fingerprint density at radius 3 is 2.62 bits per heavy atom. The molecule has 0 aliphatic carbocycles. The van der Waals surface area contributed by atoms with Gasteiger partial charge in [0.1, 0.15) is 4.47 Å². The second-order valence-corrected chi connectivity index (χ2v) is 5.16. The standard InChI is InChI=1S/C14H12BrN3O3/c1-9(10-5-7-16-8-6-10)17-14(19)11-3-2-4-12(13(11)15)18(20)21/h2-9H,1H3,(H,17,19). The topological polar surface area (TPSA) is 85.1 Å². The zero-order valence-electron chi connectivity index (χ0n) is 11.1. The maximum absolute atomic E-state index is 12.2. The number of hydrogen-bond donors (Lipinski definition) is 1. The molecule has 0 fully saturated rings. The van der Waals surface area contributed by atoms with E-state index in [1.807, 2.05) is 6.92 Å². The molecule has 2 aromatic rings. The van der Waals surface area contributed by atoms with E-state index in [-0.39, 0.29) is 27.7 Å². The van der Waals surface area contributed by atoms with Crippen molar-refractivity contribution in [2.45, 2.75) is 13.0 Å². The number of aromatic nitrogens is 1. The van der Waals surface area contributed by atoms with Crippen LogP contribution in [0.25, 0.3) is 0 Å². The summed E-state index contributed by atoms with van der Waals surface area (Å²) in [6, 6.07) is 7.72. The Morgan fingerprint density at radius 2 is 2.00 bits per heavy atom. The van der Waals surface area contributed by atoms with Crippen molar-refractivity contribution >= 4 is 27.5 Å². The fourth-order valence-corrected chi connectivity index (χ4v) is 2.44. The van der Waals surface area contributed by atoms with Gasteiger partial charge in [0.2, 0.25) is 0 Å². The minimum absolute atomic E-state index is 0.140. The van der Waals surface area contributed by atoms with E-state index in [2.05, 4.69) is 26.2 Å². The monoisotopic (exact) mass is 349 g/mol. The summed E-state index contributed by atoms with van der Waals surface area (Å²) >= 11 is 3.12. The molecule has 0 aliphatic rings. The largest absolute Gasteiger partial charge is 0.345 e. The minimum atomic E-state index is -0.535. The molecule has 1 unspecified atom stereocenters. The van der Waals surface area contributed by atoms with Crippen LogP contribution in [0.15, 0.2) is 47.2 Å². The van der Waals surface area contributed by atoms with Crippen LogP contribution in [-0.2, 0) is 0 Å². The van der Waals surface area contributed by atoms with Crippen molar-refractivity contribution in [3.05, 3.63) is 68.4 Å². The molecule has 2 rings (SSSR count). The molecule has 0 spiro atoms. The predicted octanol–water partition coefficient (Wildman–Crippen LogP) is 3.24. The highest BCUT2D eigenvalue weighted by molar-refractivity contribution is 9.10. The van der Waals surface area contributed by atoms with Crippen molar-refractivity contribution in [3.63, 3.8) is 0 Å². The lowest BCUT2D eigenvalue weighted by atomic mass is 10.1. The maximum Gasteiger partial charge on any atom is 0.284 e. The Kier molecular flexibility index (Phi) is 4.64. The highest BCUT2D eigenvalue weighted by Gasteiger charge is 2.20. The second kappa shape index (κ2) is 6.45. The number of nitrogens with zero attached hydrogens (tertiary/aromatic N) is 2. The molecule has 108 valence electrons. The lowest BCUT2D eigenvalue weighted by Crippen LogP contribution is -2.27. The molecule has 1 aromatic heterocycles. The van der Waals surface area contributed by atoms with Crippen LogP contribution in [0.4, 0.5) is 5.69 Å². The molecule has 0 aliphatic heterocycles. The first kappa shape index (κ1) is 15.1. The normalized spacial score (nSPS) is 11.7. The summed E-state index contributed by atoms with van der Waals surface area (Å²) in [5.74, 6) is -0.380. The average molecular weight is 350 g/mol. The van der Waals surface area contributed by atoms with Gasteiger partial charge in [0, 0.05) is 18.5 Å². The molecule has 7 heteroatoms. The average Bonchev–Trinajstić information content (AvgIpc) is 2.47. The van der Waals surface area contributed by atoms with Gasteiger partial charge in [-0.3, -0.25) is 19.9 Å². The molecule has 1 atom stereocenters. The summed E-state index contributed by atoms with van der Waals surface area (Å²) in [6.07, 6.45) is 3.28. The fourth-order valence-electron chi connectivity index (χ4n) is 1.85. The number of pyridine rings is 1. The SMILES string of the molecule is CC(NC(=O)c1cccc([N+](=O)[O-])c1Br)c1ccncc1. The number of amides is 1. The van der Waals surface area contributed by atoms with Crippen LogP contribution in [0, 0.1) is 10.1 Å². The Morgan fingerprint density at radius 1 is 1.33 bits per heavy atom. The highest BCUT2D eigenvalue weighted by Crippen LogP contribution is 2.28. The molecule has 21 heavy (non-hydrogen) atoms. The second-order valence-electron chi connectivity index (χ2n) is 4.37. The van der Waals surface area contributed by atoms with E-state index in [1.165, 1.54) is 18.2 Å². The first-order valence-corrected chi connectivity index (χ1v) is 6.93. The number of carbonyl (C=O) groups excluding carboxylic acids is 1. The van der Waals surface area contributed by atoms with Crippen molar-refractivity contribution in [3.8, 4) is 0 Å². The molecule has 1 heterocycles. The lowest BCUT2D eigenvalue weighted by molar-refractivity contribution is -0.385. The number of halogens is 1. The Balaban J connectivity index is 2.22. The van der Waals surface area contributed by atoms with Gasteiger partial charge >= 0.3 is 0 Å². The number of carbonyl (C=O) groups is 1. The Bertz CT molecular complexity index is 676. The molecular formula is C14H12BrN3O3. The van der Waals surface area contributed by atoms with Gasteiger partial charge in [-0.15, -0.1) is 0 Å². The highest BCUT2D eigenvalue weighted by atomic mass is 79.9. The van der Waals surface area contributed by atoms with Gasteiger partial charge in [0.15, 0.2) is 0 Å². The van der Waals surface area contributed by atoms with E-state index in [0.29, 0.717) is 0 Å². The van der Waals surface area contributed by atoms with Gasteiger partial charge < -0.3 is 5.32 Å². The molecule has 1 aromatic carbocycles. The van der Waals surface area contributed by atoms with Crippen LogP contribution in [0.2, 0.25) is 0 Å². The fraction of sp³-hybridized carbons (Fsp3) is 0.143. The lowest BCUT2D eigenvalue weighted by Gasteiger charge is -2.14. The van der Waals surface area contributed by atoms with Crippen molar-refractivity contribution in [2.24, 2.45) is 0 Å². The number of rotatable bonds is 4. The summed E-state index contributed by atoms with van der Waals surface area (Å²) in [5.41, 5.74) is 0.990. The van der Waals surface area contributed by atoms with Crippen molar-refractivity contribution in [2.75, 3.05) is 0 Å². The minimum Gasteiger partial charge on any atom is -0.345 e. The van der Waals surface area contributed by atoms with Gasteiger partial charge in [-0.2, -0.15) is 0 Å². The molecule has 0 radical (unpaired) electrons. The van der Waals surface area contributed by atoms with E-state index in [4.69, 9.17) is 0 Å². The van der Waals surface area contributed by atoms with Crippen LogP contribution in [-0.4, -0.2) is 15.8 Å². The summed E-state index contributed by atoms with van der Waals surface area (Å²) in [7, 11) is 0. The molecule has 1 N–H and O–H groups in total. The summed E-state index contributed by atoms with van der Waals surface area (Å²) in [4.78, 5) is 26.5. The first-order valence-electron chi connectivity index (χ1n) is 6.14. The maximum atomic E-state index is 12.2. The smallest absolute Gasteiger partial charge is 0.284 e. The van der Waals surface area contributed by atoms with E-state index in [1.54, 1.807) is 24.5 Å². The number of nitro groups is 1. The van der Waals surface area contributed by atoms with E-state index >= 15 is 0 Å². The summed E-state index contributed by atoms with van der Waals surface area (Å²) < 4.78 is 0.175. The summed E-state index contributed by atoms with van der Waals surface area (Å²) in [6.45, 7) is 1.83. The first-order chi connectivity index (χ1) is 10.0. The van der Waals surface area contributed by atoms with Crippen LogP contribution in [0.5, 0.6) is 0 Å². The summed E-state index contributed by atoms with van der Waals surface area (Å²) in [5, 5.41) is 13.7. The van der Waals surface area contributed by atoms with Crippen molar-refractivity contribution in [1.82, 2.24) is 10.3 Å². The van der Waals surface area contributed by atoms with E-state index < -0.39 is 4.92 Å². The van der Waals surface area contributed by atoms with Crippen LogP contribution in [0.1, 0.15) is 28.9 Å². The number of hydrogen-bond acceptors (Lipinski definition) is 4. The Labute approximate surface area is 129 Å². The molecule has 0 saturated heterocycles. The van der Waals surface area contributed by atoms with Crippen LogP contribution >= 0.6 is 15.9 Å². The molecule has 6 nitrogen and oxygen atoms in total. The van der Waals surface area contributed by atoms with Gasteiger partial charge in [-0.1, -0.05) is 6.07 Å². The van der Waals surface area contributed by atoms with Crippen LogP contribution in [0.3, 0.4) is 0 Å². The van der Waals surface area contributed by atoms with Gasteiger partial charge in [0.05, 0.1) is 16.5 Å².